The highest BCUT2D eigenvalue weighted by atomic mass is 28.3. The van der Waals surface area contributed by atoms with Crippen molar-refractivity contribution in [2.45, 2.75) is 32.4 Å². The SMILES string of the molecule is C[Si](C)(C)CCOCn1c(=O)ccc2cc(F)c(F)cc21. The summed E-state index contributed by atoms with van der Waals surface area (Å²) in [5.41, 5.74) is 0.0518. The van der Waals surface area contributed by atoms with Gasteiger partial charge in [-0.15, -0.1) is 0 Å². The van der Waals surface area contributed by atoms with E-state index in [4.69, 9.17) is 4.74 Å². The summed E-state index contributed by atoms with van der Waals surface area (Å²) < 4.78 is 33.5. The maximum atomic E-state index is 13.4. The Morgan fingerprint density at radius 2 is 1.81 bits per heavy atom. The Balaban J connectivity index is 2.24. The van der Waals surface area contributed by atoms with Crippen LogP contribution in [0.1, 0.15) is 0 Å². The van der Waals surface area contributed by atoms with Crippen LogP contribution in [-0.2, 0) is 11.5 Å². The lowest BCUT2D eigenvalue weighted by molar-refractivity contribution is 0.0878. The third-order valence-corrected chi connectivity index (χ3v) is 4.95. The van der Waals surface area contributed by atoms with Gasteiger partial charge in [-0.05, 0) is 18.2 Å². The van der Waals surface area contributed by atoms with Gasteiger partial charge in [-0.1, -0.05) is 19.6 Å². The highest BCUT2D eigenvalue weighted by Gasteiger charge is 2.13. The average Bonchev–Trinajstić information content (AvgIpc) is 2.38. The van der Waals surface area contributed by atoms with Crippen molar-refractivity contribution in [2.24, 2.45) is 0 Å². The second-order valence-corrected chi connectivity index (χ2v) is 11.9. The number of hydrogen-bond acceptors (Lipinski definition) is 2. The number of hydrogen-bond donors (Lipinski definition) is 0. The topological polar surface area (TPSA) is 31.2 Å². The predicted octanol–water partition coefficient (Wildman–Crippen LogP) is 3.59. The summed E-state index contributed by atoms with van der Waals surface area (Å²) in [6.45, 7) is 7.31. The van der Waals surface area contributed by atoms with Crippen molar-refractivity contribution in [1.29, 1.82) is 0 Å². The Morgan fingerprint density at radius 3 is 2.48 bits per heavy atom. The molecular weight excluding hydrogens is 292 g/mol. The van der Waals surface area contributed by atoms with E-state index in [9.17, 15) is 13.6 Å². The van der Waals surface area contributed by atoms with Crippen LogP contribution in [0, 0.1) is 11.6 Å². The van der Waals surface area contributed by atoms with Gasteiger partial charge in [-0.3, -0.25) is 9.36 Å². The highest BCUT2D eigenvalue weighted by molar-refractivity contribution is 6.76. The molecule has 0 unspecified atom stereocenters. The Morgan fingerprint density at radius 1 is 1.14 bits per heavy atom. The van der Waals surface area contributed by atoms with E-state index in [2.05, 4.69) is 19.6 Å². The minimum Gasteiger partial charge on any atom is -0.361 e. The minimum absolute atomic E-state index is 0.0473. The second kappa shape index (κ2) is 6.07. The Bertz CT molecular complexity index is 707. The summed E-state index contributed by atoms with van der Waals surface area (Å²) in [6, 6.07) is 5.92. The van der Waals surface area contributed by atoms with Gasteiger partial charge in [0.1, 0.15) is 6.73 Å². The number of pyridine rings is 1. The number of ether oxygens (including phenoxy) is 1. The molecule has 0 aliphatic rings. The molecular formula is C15H19F2NO2Si. The molecule has 0 aliphatic heterocycles. The average molecular weight is 311 g/mol. The molecule has 0 fully saturated rings. The van der Waals surface area contributed by atoms with Crippen molar-refractivity contribution >= 4 is 19.0 Å². The van der Waals surface area contributed by atoms with Crippen LogP contribution in [0.15, 0.2) is 29.1 Å². The van der Waals surface area contributed by atoms with Crippen LogP contribution in [0.2, 0.25) is 25.7 Å². The molecule has 0 saturated carbocycles. The fraction of sp³-hybridized carbons (Fsp3) is 0.400. The predicted molar refractivity (Wildman–Crippen MR) is 82.2 cm³/mol. The third kappa shape index (κ3) is 3.98. The normalized spacial score (nSPS) is 12.0. The molecule has 1 aromatic carbocycles. The summed E-state index contributed by atoms with van der Waals surface area (Å²) in [4.78, 5) is 11.9. The first-order valence-corrected chi connectivity index (χ1v) is 10.5. The molecule has 0 N–H and O–H groups in total. The van der Waals surface area contributed by atoms with Crippen molar-refractivity contribution in [1.82, 2.24) is 4.57 Å². The zero-order valence-electron chi connectivity index (χ0n) is 12.5. The van der Waals surface area contributed by atoms with Crippen LogP contribution in [0.4, 0.5) is 8.78 Å². The number of nitrogens with zero attached hydrogens (tertiary/aromatic N) is 1. The van der Waals surface area contributed by atoms with E-state index in [1.165, 1.54) is 16.7 Å². The van der Waals surface area contributed by atoms with Crippen LogP contribution >= 0.6 is 0 Å². The lowest BCUT2D eigenvalue weighted by atomic mass is 10.2. The Kier molecular flexibility index (Phi) is 4.58. The molecule has 0 bridgehead atoms. The summed E-state index contributed by atoms with van der Waals surface area (Å²) in [5.74, 6) is -1.89. The number of rotatable bonds is 5. The third-order valence-electron chi connectivity index (χ3n) is 3.25. The molecule has 0 amide bonds. The molecule has 3 nitrogen and oxygen atoms in total. The minimum atomic E-state index is -1.20. The van der Waals surface area contributed by atoms with Gasteiger partial charge in [0, 0.05) is 32.2 Å². The molecule has 2 aromatic rings. The van der Waals surface area contributed by atoms with Gasteiger partial charge in [0.2, 0.25) is 0 Å². The number of benzene rings is 1. The summed E-state index contributed by atoms with van der Waals surface area (Å²) in [5, 5.41) is 0.474. The van der Waals surface area contributed by atoms with Gasteiger partial charge in [-0.2, -0.15) is 0 Å². The molecule has 2 rings (SSSR count). The maximum Gasteiger partial charge on any atom is 0.252 e. The maximum absolute atomic E-state index is 13.4. The van der Waals surface area contributed by atoms with E-state index in [0.717, 1.165) is 18.2 Å². The van der Waals surface area contributed by atoms with Gasteiger partial charge < -0.3 is 4.74 Å². The molecule has 0 spiro atoms. The van der Waals surface area contributed by atoms with E-state index < -0.39 is 19.7 Å². The smallest absolute Gasteiger partial charge is 0.252 e. The fourth-order valence-electron chi connectivity index (χ4n) is 1.96. The second-order valence-electron chi connectivity index (χ2n) is 6.27. The number of halogens is 2. The fourth-order valence-corrected chi connectivity index (χ4v) is 2.71. The molecule has 0 atom stereocenters. The Labute approximate surface area is 123 Å². The van der Waals surface area contributed by atoms with Crippen molar-refractivity contribution in [3.8, 4) is 0 Å². The Hall–Kier alpha value is -1.53. The number of fused-ring (bicyclic) bond motifs is 1. The van der Waals surface area contributed by atoms with Crippen LogP contribution in [0.25, 0.3) is 10.9 Å². The lowest BCUT2D eigenvalue weighted by Gasteiger charge is -2.16. The van der Waals surface area contributed by atoms with E-state index in [-0.39, 0.29) is 12.3 Å². The highest BCUT2D eigenvalue weighted by Crippen LogP contribution is 2.17. The molecule has 114 valence electrons. The van der Waals surface area contributed by atoms with Crippen molar-refractivity contribution in [3.63, 3.8) is 0 Å². The van der Waals surface area contributed by atoms with Gasteiger partial charge >= 0.3 is 0 Å². The van der Waals surface area contributed by atoms with Crippen molar-refractivity contribution in [2.75, 3.05) is 6.61 Å². The van der Waals surface area contributed by atoms with Crippen LogP contribution < -0.4 is 5.56 Å². The molecule has 0 aliphatic carbocycles. The van der Waals surface area contributed by atoms with Gasteiger partial charge in [0.15, 0.2) is 11.6 Å². The summed E-state index contributed by atoms with van der Waals surface area (Å²) >= 11 is 0. The van der Waals surface area contributed by atoms with Crippen LogP contribution in [0.3, 0.4) is 0 Å². The van der Waals surface area contributed by atoms with E-state index in [0.29, 0.717) is 17.5 Å². The first-order valence-electron chi connectivity index (χ1n) is 6.84. The summed E-state index contributed by atoms with van der Waals surface area (Å²) in [7, 11) is -1.20. The monoisotopic (exact) mass is 311 g/mol. The molecule has 1 heterocycles. The quantitative estimate of drug-likeness (QED) is 0.624. The first-order chi connectivity index (χ1) is 9.78. The van der Waals surface area contributed by atoms with Crippen molar-refractivity contribution < 1.29 is 13.5 Å². The zero-order valence-corrected chi connectivity index (χ0v) is 13.5. The lowest BCUT2D eigenvalue weighted by Crippen LogP contribution is -2.24. The van der Waals surface area contributed by atoms with Crippen LogP contribution in [-0.4, -0.2) is 19.2 Å². The molecule has 0 saturated heterocycles. The van der Waals surface area contributed by atoms with E-state index >= 15 is 0 Å². The van der Waals surface area contributed by atoms with Gasteiger partial charge in [0.05, 0.1) is 5.52 Å². The standard InChI is InChI=1S/C15H19F2NO2Si/c1-21(2,3)7-6-20-10-18-14-9-13(17)12(16)8-11(14)4-5-15(18)19/h4-5,8-9H,6-7,10H2,1-3H3. The molecule has 21 heavy (non-hydrogen) atoms. The van der Waals surface area contributed by atoms with Gasteiger partial charge in [0.25, 0.3) is 5.56 Å². The van der Waals surface area contributed by atoms with E-state index in [1.807, 2.05) is 0 Å². The van der Waals surface area contributed by atoms with Crippen molar-refractivity contribution in [3.05, 3.63) is 46.3 Å². The van der Waals surface area contributed by atoms with Crippen LogP contribution in [0.5, 0.6) is 0 Å². The van der Waals surface area contributed by atoms with Gasteiger partial charge in [-0.25, -0.2) is 8.78 Å². The molecule has 0 radical (unpaired) electrons. The largest absolute Gasteiger partial charge is 0.361 e. The zero-order chi connectivity index (χ0) is 15.6. The molecule has 6 heteroatoms. The number of aromatic nitrogens is 1. The van der Waals surface area contributed by atoms with E-state index in [1.54, 1.807) is 0 Å². The first kappa shape index (κ1) is 15.8. The summed E-state index contributed by atoms with van der Waals surface area (Å²) in [6.07, 6.45) is 0. The molecule has 1 aromatic heterocycles.